The Balaban J connectivity index is 2.04. The Labute approximate surface area is 188 Å². The lowest BCUT2D eigenvalue weighted by Gasteiger charge is -2.32. The van der Waals surface area contributed by atoms with Gasteiger partial charge in [0.05, 0.1) is 11.9 Å². The molecule has 9 heteroatoms. The van der Waals surface area contributed by atoms with Gasteiger partial charge in [0.1, 0.15) is 5.69 Å². The molecule has 0 saturated heterocycles. The monoisotopic (exact) mass is 454 g/mol. The molecule has 32 heavy (non-hydrogen) atoms. The summed E-state index contributed by atoms with van der Waals surface area (Å²) in [4.78, 5) is 18.8. The molecular weight excluding hydrogens is 428 g/mol. The summed E-state index contributed by atoms with van der Waals surface area (Å²) in [5, 5.41) is 2.55. The van der Waals surface area contributed by atoms with Gasteiger partial charge in [0.25, 0.3) is 0 Å². The number of urea groups is 1. The number of hydrogen-bond acceptors (Lipinski definition) is 5. The highest BCUT2D eigenvalue weighted by molar-refractivity contribution is 7.88. The minimum Gasteiger partial charge on any atom is -0.337 e. The second kappa shape index (κ2) is 9.80. The van der Waals surface area contributed by atoms with Crippen molar-refractivity contribution in [3.05, 3.63) is 84.2 Å². The lowest BCUT2D eigenvalue weighted by atomic mass is 10.1. The van der Waals surface area contributed by atoms with Gasteiger partial charge in [-0.2, -0.15) is 12.7 Å². The number of nitrogens with one attached hydrogen (secondary N) is 1. The maximum Gasteiger partial charge on any atom is 0.368 e. The number of carbonyl (C=O) groups is 1. The number of nitrogens with zero attached hydrogens (tertiary/aromatic N) is 3. The Kier molecular flexibility index (Phi) is 7.12. The number of amides is 2. The summed E-state index contributed by atoms with van der Waals surface area (Å²) in [6.07, 6.45) is 2.75. The van der Waals surface area contributed by atoms with Crippen LogP contribution < -0.4 is 14.5 Å². The number of rotatable bonds is 7. The quantitative estimate of drug-likeness (QED) is 0.511. The Morgan fingerprint density at radius 3 is 2.41 bits per heavy atom. The average molecular weight is 455 g/mol. The first-order valence-corrected chi connectivity index (χ1v) is 11.5. The molecule has 0 fully saturated rings. The predicted molar refractivity (Wildman–Crippen MR) is 125 cm³/mol. The fraction of sp³-hybridized carbons (Fsp3) is 0.217. The Bertz CT molecular complexity index is 1180. The molecule has 3 rings (SSSR count). The third kappa shape index (κ3) is 5.43. The molecule has 0 spiro atoms. The van der Waals surface area contributed by atoms with E-state index in [1.807, 2.05) is 68.1 Å². The number of aromatic nitrogens is 1. The minimum atomic E-state index is -4.94. The first kappa shape index (κ1) is 23.2. The van der Waals surface area contributed by atoms with Crippen molar-refractivity contribution in [1.29, 1.82) is 0 Å². The Morgan fingerprint density at radius 1 is 1.06 bits per heavy atom. The maximum atomic E-state index is 12.9. The van der Waals surface area contributed by atoms with Crippen molar-refractivity contribution in [2.24, 2.45) is 0 Å². The van der Waals surface area contributed by atoms with Gasteiger partial charge in [0.2, 0.25) is 0 Å². The second-order valence-electron chi connectivity index (χ2n) is 7.55. The lowest BCUT2D eigenvalue weighted by molar-refractivity contribution is 0.248. The topological polar surface area (TPSA) is 103 Å². The van der Waals surface area contributed by atoms with Gasteiger partial charge in [-0.15, -0.1) is 0 Å². The minimum absolute atomic E-state index is 0.0595. The second-order valence-corrected chi connectivity index (χ2v) is 8.81. The van der Waals surface area contributed by atoms with Crippen molar-refractivity contribution in [3.8, 4) is 0 Å². The highest BCUT2D eigenvalue weighted by atomic mass is 32.2. The van der Waals surface area contributed by atoms with Gasteiger partial charge in [0.15, 0.2) is 0 Å². The van der Waals surface area contributed by atoms with Gasteiger partial charge in [-0.3, -0.25) is 9.54 Å². The zero-order valence-electron chi connectivity index (χ0n) is 18.1. The third-order valence-electron chi connectivity index (χ3n) is 4.75. The molecule has 1 heterocycles. The van der Waals surface area contributed by atoms with E-state index in [-0.39, 0.29) is 18.3 Å². The van der Waals surface area contributed by atoms with Crippen molar-refractivity contribution in [3.63, 3.8) is 0 Å². The molecule has 0 radical (unpaired) electrons. The van der Waals surface area contributed by atoms with E-state index < -0.39 is 16.3 Å². The number of anilines is 3. The summed E-state index contributed by atoms with van der Waals surface area (Å²) in [7, 11) is -4.94. The van der Waals surface area contributed by atoms with Crippen LogP contribution in [0.25, 0.3) is 0 Å². The van der Waals surface area contributed by atoms with Crippen LogP contribution in [0.15, 0.2) is 73.1 Å². The van der Waals surface area contributed by atoms with Crippen molar-refractivity contribution >= 4 is 33.4 Å². The molecule has 0 bridgehead atoms. The molecule has 2 aromatic carbocycles. The molecule has 0 aliphatic heterocycles. The summed E-state index contributed by atoms with van der Waals surface area (Å²) >= 11 is 0. The number of hydrogen-bond donors (Lipinski definition) is 2. The molecule has 0 aliphatic carbocycles. The van der Waals surface area contributed by atoms with Crippen LogP contribution in [-0.2, 0) is 16.8 Å². The van der Waals surface area contributed by atoms with E-state index in [9.17, 15) is 17.8 Å². The maximum absolute atomic E-state index is 12.9. The van der Waals surface area contributed by atoms with Crippen LogP contribution in [-0.4, -0.2) is 30.0 Å². The molecule has 2 amide bonds. The van der Waals surface area contributed by atoms with Crippen LogP contribution >= 0.6 is 0 Å². The number of pyridine rings is 1. The fourth-order valence-electron chi connectivity index (χ4n) is 3.42. The van der Waals surface area contributed by atoms with E-state index in [0.717, 1.165) is 16.8 Å². The SMILES string of the molecule is Cc1cccc(N(c2ccncc2N(C(=O)NCc2ccccc2)S(=O)(=O)O)C(C)C)c1. The molecule has 3 aromatic rings. The van der Waals surface area contributed by atoms with Crippen LogP contribution in [0.4, 0.5) is 21.9 Å². The van der Waals surface area contributed by atoms with Gasteiger partial charge < -0.3 is 10.2 Å². The zero-order valence-corrected chi connectivity index (χ0v) is 19.0. The van der Waals surface area contributed by atoms with Crippen LogP contribution in [0.5, 0.6) is 0 Å². The Hall–Kier alpha value is -3.43. The summed E-state index contributed by atoms with van der Waals surface area (Å²) in [5.41, 5.74) is 2.97. The van der Waals surface area contributed by atoms with Crippen LogP contribution in [0.3, 0.4) is 0 Å². The Morgan fingerprint density at radius 2 is 1.78 bits per heavy atom. The van der Waals surface area contributed by atoms with Gasteiger partial charge in [-0.05, 0) is 50.1 Å². The van der Waals surface area contributed by atoms with Gasteiger partial charge in [-0.1, -0.05) is 42.5 Å². The zero-order chi connectivity index (χ0) is 23.3. The fourth-order valence-corrected chi connectivity index (χ4v) is 4.08. The highest BCUT2D eigenvalue weighted by Gasteiger charge is 2.32. The highest BCUT2D eigenvalue weighted by Crippen LogP contribution is 2.36. The molecule has 0 atom stereocenters. The van der Waals surface area contributed by atoms with Crippen molar-refractivity contribution < 1.29 is 17.8 Å². The molecule has 8 nitrogen and oxygen atoms in total. The van der Waals surface area contributed by atoms with Crippen molar-refractivity contribution in [2.75, 3.05) is 9.21 Å². The third-order valence-corrected chi connectivity index (χ3v) is 5.58. The van der Waals surface area contributed by atoms with E-state index in [0.29, 0.717) is 9.99 Å². The molecule has 2 N–H and O–H groups in total. The number of aryl methyl sites for hydroxylation is 1. The molecule has 1 aromatic heterocycles. The largest absolute Gasteiger partial charge is 0.368 e. The first-order chi connectivity index (χ1) is 15.2. The predicted octanol–water partition coefficient (Wildman–Crippen LogP) is 4.46. The van der Waals surface area contributed by atoms with Gasteiger partial charge in [-0.25, -0.2) is 4.79 Å². The van der Waals surface area contributed by atoms with Crippen LogP contribution in [0, 0.1) is 6.92 Å². The summed E-state index contributed by atoms with van der Waals surface area (Å²) < 4.78 is 34.9. The smallest absolute Gasteiger partial charge is 0.337 e. The summed E-state index contributed by atoms with van der Waals surface area (Å²) in [6.45, 7) is 5.93. The molecule has 0 saturated carbocycles. The van der Waals surface area contributed by atoms with Crippen LogP contribution in [0.1, 0.15) is 25.0 Å². The van der Waals surface area contributed by atoms with E-state index in [1.165, 1.54) is 12.4 Å². The van der Waals surface area contributed by atoms with E-state index in [1.54, 1.807) is 18.2 Å². The van der Waals surface area contributed by atoms with E-state index >= 15 is 0 Å². The van der Waals surface area contributed by atoms with Crippen LogP contribution in [0.2, 0.25) is 0 Å². The van der Waals surface area contributed by atoms with Gasteiger partial charge >= 0.3 is 16.3 Å². The normalized spacial score (nSPS) is 11.3. The lowest BCUT2D eigenvalue weighted by Crippen LogP contribution is -2.44. The number of benzene rings is 2. The molecule has 168 valence electrons. The van der Waals surface area contributed by atoms with Crippen molar-refractivity contribution in [2.45, 2.75) is 33.4 Å². The van der Waals surface area contributed by atoms with Gasteiger partial charge in [0, 0.05) is 24.5 Å². The molecule has 0 unspecified atom stereocenters. The number of carbonyl (C=O) groups excluding carboxylic acids is 1. The van der Waals surface area contributed by atoms with E-state index in [2.05, 4.69) is 10.3 Å². The first-order valence-electron chi connectivity index (χ1n) is 10.1. The van der Waals surface area contributed by atoms with E-state index in [4.69, 9.17) is 0 Å². The molecular formula is C23H26N4O4S. The van der Waals surface area contributed by atoms with Crippen molar-refractivity contribution in [1.82, 2.24) is 10.3 Å². The summed E-state index contributed by atoms with van der Waals surface area (Å²) in [6, 6.07) is 17.3. The summed E-state index contributed by atoms with van der Waals surface area (Å²) in [5.74, 6) is 0. The molecule has 0 aliphatic rings. The average Bonchev–Trinajstić information content (AvgIpc) is 2.73. The standard InChI is InChI=1S/C23H26N4O4S/c1-17(2)26(20-11-7-8-18(3)14-20)21-12-13-24-16-22(21)27(32(29,30)31)23(28)25-15-19-9-5-4-6-10-19/h4-14,16-17H,15H2,1-3H3,(H,25,28)(H,29,30,31).